The van der Waals surface area contributed by atoms with Crippen molar-refractivity contribution in [2.24, 2.45) is 0 Å². The number of carbonyl (C=O) groups is 3. The highest BCUT2D eigenvalue weighted by molar-refractivity contribution is 5.89. The van der Waals surface area contributed by atoms with E-state index in [0.29, 0.717) is 38.3 Å². The van der Waals surface area contributed by atoms with Gasteiger partial charge in [0.15, 0.2) is 0 Å². The molecular weight excluding hydrogens is 336 g/mol. The Hall–Kier alpha value is -2.77. The maximum Gasteiger partial charge on any atom is 0.410 e. The monoisotopic (exact) mass is 360 g/mol. The molecular formula is C18H24N4O4. The van der Waals surface area contributed by atoms with E-state index in [1.807, 2.05) is 25.1 Å². The van der Waals surface area contributed by atoms with Gasteiger partial charge in [-0.1, -0.05) is 12.1 Å². The topological polar surface area (TPSA) is 91.0 Å². The molecule has 2 saturated heterocycles. The first-order valence-corrected chi connectivity index (χ1v) is 8.87. The minimum atomic E-state index is -0.318. The predicted molar refractivity (Wildman–Crippen MR) is 95.6 cm³/mol. The fourth-order valence-electron chi connectivity index (χ4n) is 3.20. The van der Waals surface area contributed by atoms with Crippen LogP contribution in [0.15, 0.2) is 24.3 Å². The summed E-state index contributed by atoms with van der Waals surface area (Å²) in [5.41, 5.74) is 1.56. The highest BCUT2D eigenvalue weighted by Crippen LogP contribution is 2.15. The number of benzene rings is 1. The molecule has 0 spiro atoms. The van der Waals surface area contributed by atoms with Crippen LogP contribution in [-0.2, 0) is 16.1 Å². The lowest BCUT2D eigenvalue weighted by molar-refractivity contribution is -0.127. The lowest BCUT2D eigenvalue weighted by Crippen LogP contribution is -2.44. The van der Waals surface area contributed by atoms with Crippen molar-refractivity contribution < 1.29 is 19.1 Å². The molecule has 2 heterocycles. The average molecular weight is 360 g/mol. The zero-order chi connectivity index (χ0) is 18.5. The first-order chi connectivity index (χ1) is 12.5. The van der Waals surface area contributed by atoms with E-state index in [1.165, 1.54) is 0 Å². The molecule has 140 valence electrons. The molecule has 4 amide bonds. The van der Waals surface area contributed by atoms with Gasteiger partial charge in [-0.25, -0.2) is 9.59 Å². The minimum absolute atomic E-state index is 0.139. The van der Waals surface area contributed by atoms with Gasteiger partial charge < -0.3 is 25.2 Å². The van der Waals surface area contributed by atoms with E-state index < -0.39 is 0 Å². The van der Waals surface area contributed by atoms with Crippen LogP contribution in [0.1, 0.15) is 25.3 Å². The van der Waals surface area contributed by atoms with Crippen molar-refractivity contribution in [1.82, 2.24) is 15.1 Å². The zero-order valence-corrected chi connectivity index (χ0v) is 14.9. The Morgan fingerprint density at radius 3 is 2.81 bits per heavy atom. The molecule has 0 bridgehead atoms. The molecule has 2 aliphatic heterocycles. The number of urea groups is 1. The summed E-state index contributed by atoms with van der Waals surface area (Å²) in [6.45, 7) is 4.58. The Kier molecular flexibility index (Phi) is 5.60. The van der Waals surface area contributed by atoms with Crippen molar-refractivity contribution in [3.05, 3.63) is 29.8 Å². The normalized spacial score (nSPS) is 18.0. The van der Waals surface area contributed by atoms with Crippen LogP contribution >= 0.6 is 0 Å². The molecule has 1 aromatic rings. The third-order valence-corrected chi connectivity index (χ3v) is 4.45. The quantitative estimate of drug-likeness (QED) is 0.809. The van der Waals surface area contributed by atoms with Crippen molar-refractivity contribution >= 4 is 23.7 Å². The van der Waals surface area contributed by atoms with Crippen LogP contribution in [0.25, 0.3) is 0 Å². The fourth-order valence-corrected chi connectivity index (χ4v) is 3.20. The molecule has 0 aromatic heterocycles. The lowest BCUT2D eigenvalue weighted by atomic mass is 10.2. The molecule has 3 rings (SSSR count). The van der Waals surface area contributed by atoms with Crippen molar-refractivity contribution in [2.45, 2.75) is 32.4 Å². The summed E-state index contributed by atoms with van der Waals surface area (Å²) in [4.78, 5) is 38.7. The Morgan fingerprint density at radius 2 is 2.12 bits per heavy atom. The van der Waals surface area contributed by atoms with Crippen molar-refractivity contribution in [1.29, 1.82) is 0 Å². The molecule has 8 nitrogen and oxygen atoms in total. The highest BCUT2D eigenvalue weighted by Gasteiger charge is 2.23. The Morgan fingerprint density at radius 1 is 1.27 bits per heavy atom. The first-order valence-electron chi connectivity index (χ1n) is 8.87. The van der Waals surface area contributed by atoms with E-state index in [-0.39, 0.29) is 24.1 Å². The van der Waals surface area contributed by atoms with Crippen molar-refractivity contribution in [2.75, 3.05) is 31.6 Å². The van der Waals surface area contributed by atoms with Crippen molar-refractivity contribution in [3.63, 3.8) is 0 Å². The van der Waals surface area contributed by atoms with Gasteiger partial charge in [0.1, 0.15) is 6.61 Å². The average Bonchev–Trinajstić information content (AvgIpc) is 3.16. The minimum Gasteiger partial charge on any atom is -0.448 e. The second-order valence-corrected chi connectivity index (χ2v) is 6.68. The lowest BCUT2D eigenvalue weighted by Gasteiger charge is -2.22. The smallest absolute Gasteiger partial charge is 0.410 e. The Balaban J connectivity index is 1.49. The molecule has 1 atom stereocenters. The van der Waals surface area contributed by atoms with Gasteiger partial charge in [0, 0.05) is 37.8 Å². The van der Waals surface area contributed by atoms with Crippen LogP contribution in [0.3, 0.4) is 0 Å². The van der Waals surface area contributed by atoms with Crippen LogP contribution in [0.5, 0.6) is 0 Å². The summed E-state index contributed by atoms with van der Waals surface area (Å²) in [5, 5.41) is 5.64. The third-order valence-electron chi connectivity index (χ3n) is 4.45. The molecule has 1 unspecified atom stereocenters. The maximum atomic E-state index is 12.2. The van der Waals surface area contributed by atoms with E-state index in [0.717, 1.165) is 18.5 Å². The predicted octanol–water partition coefficient (Wildman–Crippen LogP) is 1.77. The van der Waals surface area contributed by atoms with Gasteiger partial charge in [0.2, 0.25) is 5.91 Å². The fraction of sp³-hybridized carbons (Fsp3) is 0.500. The van der Waals surface area contributed by atoms with Crippen LogP contribution in [0, 0.1) is 0 Å². The van der Waals surface area contributed by atoms with Gasteiger partial charge >= 0.3 is 12.1 Å². The molecule has 2 fully saturated rings. The van der Waals surface area contributed by atoms with Crippen molar-refractivity contribution in [3.8, 4) is 0 Å². The number of nitrogens with one attached hydrogen (secondary N) is 2. The van der Waals surface area contributed by atoms with Crippen LogP contribution < -0.4 is 10.6 Å². The summed E-state index contributed by atoms with van der Waals surface area (Å²) in [7, 11) is 0. The second kappa shape index (κ2) is 8.07. The number of likely N-dealkylation sites (tertiary alicyclic amines) is 1. The molecule has 26 heavy (non-hydrogen) atoms. The first kappa shape index (κ1) is 18.0. The number of hydrogen-bond donors (Lipinski definition) is 2. The zero-order valence-electron chi connectivity index (χ0n) is 14.9. The number of hydrogen-bond acceptors (Lipinski definition) is 4. The molecule has 0 radical (unpaired) electrons. The SMILES string of the molecule is CC(CN1CCCC1=O)NC(=O)Nc1cccc(CN2CCOC2=O)c1. The van der Waals surface area contributed by atoms with Gasteiger partial charge in [-0.3, -0.25) is 4.79 Å². The number of amides is 4. The summed E-state index contributed by atoms with van der Waals surface area (Å²) in [6, 6.07) is 6.90. The third kappa shape index (κ3) is 4.65. The van der Waals surface area contributed by atoms with Gasteiger partial charge in [-0.2, -0.15) is 0 Å². The molecule has 0 aliphatic carbocycles. The Labute approximate surface area is 152 Å². The summed E-state index contributed by atoms with van der Waals surface area (Å²) in [5.74, 6) is 0.146. The van der Waals surface area contributed by atoms with Crippen LogP contribution in [-0.4, -0.2) is 60.1 Å². The molecule has 0 saturated carbocycles. The number of nitrogens with zero attached hydrogens (tertiary/aromatic N) is 2. The molecule has 2 N–H and O–H groups in total. The van der Waals surface area contributed by atoms with Gasteiger partial charge in [0.25, 0.3) is 0 Å². The maximum absolute atomic E-state index is 12.2. The molecule has 2 aliphatic rings. The van der Waals surface area contributed by atoms with Gasteiger partial charge in [0.05, 0.1) is 6.54 Å². The Bertz CT molecular complexity index is 694. The van der Waals surface area contributed by atoms with E-state index >= 15 is 0 Å². The number of anilines is 1. The summed E-state index contributed by atoms with van der Waals surface area (Å²) in [6.07, 6.45) is 1.16. The second-order valence-electron chi connectivity index (χ2n) is 6.68. The summed E-state index contributed by atoms with van der Waals surface area (Å²) < 4.78 is 4.92. The summed E-state index contributed by atoms with van der Waals surface area (Å²) >= 11 is 0. The standard InChI is InChI=1S/C18H24N4O4/c1-13(11-21-7-3-6-16(21)23)19-17(24)20-15-5-2-4-14(10-15)12-22-8-9-26-18(22)25/h2,4-5,10,13H,3,6-9,11-12H2,1H3,(H2,19,20,24). The number of cyclic esters (lactones) is 1. The number of carbonyl (C=O) groups excluding carboxylic acids is 3. The van der Waals surface area contributed by atoms with Gasteiger partial charge in [-0.05, 0) is 31.0 Å². The van der Waals surface area contributed by atoms with E-state index in [2.05, 4.69) is 10.6 Å². The number of rotatable bonds is 6. The van der Waals surface area contributed by atoms with E-state index in [4.69, 9.17) is 4.74 Å². The van der Waals surface area contributed by atoms with E-state index in [9.17, 15) is 14.4 Å². The number of ether oxygens (including phenoxy) is 1. The highest BCUT2D eigenvalue weighted by atomic mass is 16.6. The molecule has 1 aromatic carbocycles. The largest absolute Gasteiger partial charge is 0.448 e. The van der Waals surface area contributed by atoms with Gasteiger partial charge in [-0.15, -0.1) is 0 Å². The van der Waals surface area contributed by atoms with E-state index in [1.54, 1.807) is 15.9 Å². The van der Waals surface area contributed by atoms with Crippen LogP contribution in [0.4, 0.5) is 15.3 Å². The van der Waals surface area contributed by atoms with Crippen LogP contribution in [0.2, 0.25) is 0 Å². The molecule has 8 heteroatoms.